The molecule has 0 aromatic heterocycles. The number of aliphatic hydroxyl groups excluding tert-OH is 5. The van der Waals surface area contributed by atoms with E-state index in [4.69, 9.17) is 35.4 Å². The molecule has 0 aromatic rings. The van der Waals surface area contributed by atoms with Gasteiger partial charge in [0, 0.05) is 6.92 Å². The zero-order valence-electron chi connectivity index (χ0n) is 8.59. The van der Waals surface area contributed by atoms with Crippen LogP contribution in [0.25, 0.3) is 0 Å². The summed E-state index contributed by atoms with van der Waals surface area (Å²) >= 11 is 0. The highest BCUT2D eigenvalue weighted by Gasteiger charge is 2.42. The third-order valence-electron chi connectivity index (χ3n) is 1.87. The number of hydrogen-bond acceptors (Lipinski definition) is 7. The van der Waals surface area contributed by atoms with Crippen LogP contribution in [0.2, 0.25) is 0 Å². The minimum absolute atomic E-state index is 0.526. The molecule has 0 aliphatic carbocycles. The van der Waals surface area contributed by atoms with Crippen molar-refractivity contribution in [2.75, 3.05) is 6.61 Å². The van der Waals surface area contributed by atoms with E-state index in [1.807, 2.05) is 0 Å². The molecule has 1 aliphatic heterocycles. The third kappa shape index (κ3) is 4.39. The number of ether oxygens (including phenoxy) is 1. The van der Waals surface area contributed by atoms with Gasteiger partial charge >= 0.3 is 0 Å². The maximum absolute atomic E-state index is 9.12. The molecule has 1 heterocycles. The lowest BCUT2D eigenvalue weighted by atomic mass is 10.00. The van der Waals surface area contributed by atoms with E-state index >= 15 is 0 Å². The van der Waals surface area contributed by atoms with Gasteiger partial charge < -0.3 is 35.4 Å². The average Bonchev–Trinajstić information content (AvgIpc) is 2.19. The summed E-state index contributed by atoms with van der Waals surface area (Å²) < 4.78 is 4.58. The van der Waals surface area contributed by atoms with Crippen LogP contribution in [-0.2, 0) is 9.53 Å². The van der Waals surface area contributed by atoms with Crippen molar-refractivity contribution in [3.8, 4) is 0 Å². The minimum atomic E-state index is -1.57. The van der Waals surface area contributed by atoms with Crippen molar-refractivity contribution in [3.05, 3.63) is 0 Å². The summed E-state index contributed by atoms with van der Waals surface area (Å²) in [6, 6.07) is 0. The molecule has 0 radical (unpaired) electrons. The number of hydrogen-bond donors (Lipinski definition) is 6. The van der Waals surface area contributed by atoms with Crippen molar-refractivity contribution in [2.45, 2.75) is 37.6 Å². The maximum atomic E-state index is 9.12. The van der Waals surface area contributed by atoms with Gasteiger partial charge in [0.15, 0.2) is 6.29 Å². The fourth-order valence-corrected chi connectivity index (χ4v) is 1.08. The van der Waals surface area contributed by atoms with Gasteiger partial charge in [-0.15, -0.1) is 0 Å². The molecule has 0 saturated carbocycles. The molecule has 0 amide bonds. The van der Waals surface area contributed by atoms with Gasteiger partial charge in [0.05, 0.1) is 6.61 Å². The van der Waals surface area contributed by atoms with Crippen LogP contribution in [0.5, 0.6) is 0 Å². The summed E-state index contributed by atoms with van der Waals surface area (Å²) in [5, 5.41) is 52.1. The smallest absolute Gasteiger partial charge is 0.300 e. The maximum Gasteiger partial charge on any atom is 0.300 e. The molecule has 8 heteroatoms. The number of carboxylic acids is 1. The zero-order valence-corrected chi connectivity index (χ0v) is 8.59. The van der Waals surface area contributed by atoms with E-state index in [2.05, 4.69) is 4.74 Å². The lowest BCUT2D eigenvalue weighted by molar-refractivity contribution is -0.286. The van der Waals surface area contributed by atoms with E-state index in [0.29, 0.717) is 0 Å². The fraction of sp³-hybridized carbons (Fsp3) is 0.875. The van der Waals surface area contributed by atoms with Crippen LogP contribution in [-0.4, -0.2) is 73.9 Å². The Kier molecular flexibility index (Phi) is 6.41. The van der Waals surface area contributed by atoms with Crippen LogP contribution in [0.15, 0.2) is 0 Å². The van der Waals surface area contributed by atoms with Gasteiger partial charge in [-0.25, -0.2) is 0 Å². The average molecular weight is 240 g/mol. The van der Waals surface area contributed by atoms with Crippen LogP contribution in [0, 0.1) is 0 Å². The third-order valence-corrected chi connectivity index (χ3v) is 1.87. The Morgan fingerprint density at radius 2 is 1.56 bits per heavy atom. The number of aliphatic carboxylic acids is 1. The van der Waals surface area contributed by atoms with E-state index in [0.717, 1.165) is 6.92 Å². The number of aliphatic hydroxyl groups is 5. The molecule has 16 heavy (non-hydrogen) atoms. The van der Waals surface area contributed by atoms with E-state index in [1.165, 1.54) is 0 Å². The number of carboxylic acid groups (broad SMARTS) is 1. The summed E-state index contributed by atoms with van der Waals surface area (Å²) in [5.74, 6) is -0.833. The lowest BCUT2D eigenvalue weighted by Crippen LogP contribution is -2.58. The largest absolute Gasteiger partial charge is 0.481 e. The molecule has 8 nitrogen and oxygen atoms in total. The highest BCUT2D eigenvalue weighted by atomic mass is 16.6. The predicted molar refractivity (Wildman–Crippen MR) is 49.3 cm³/mol. The molecule has 1 fully saturated rings. The monoisotopic (exact) mass is 240 g/mol. The van der Waals surface area contributed by atoms with Crippen LogP contribution in [0.3, 0.4) is 0 Å². The van der Waals surface area contributed by atoms with Gasteiger partial charge in [0.1, 0.15) is 24.4 Å². The first-order valence-corrected chi connectivity index (χ1v) is 4.49. The summed E-state index contributed by atoms with van der Waals surface area (Å²) in [4.78, 5) is 9.00. The summed E-state index contributed by atoms with van der Waals surface area (Å²) in [5.41, 5.74) is 0. The highest BCUT2D eigenvalue weighted by Crippen LogP contribution is 2.18. The Balaban J connectivity index is 0.000000487. The molecule has 1 rings (SSSR count). The highest BCUT2D eigenvalue weighted by molar-refractivity contribution is 5.62. The molecule has 6 N–H and O–H groups in total. The molecular weight excluding hydrogens is 224 g/mol. The van der Waals surface area contributed by atoms with Gasteiger partial charge in [-0.3, -0.25) is 4.79 Å². The molecule has 0 spiro atoms. The normalized spacial score (nSPS) is 38.5. The van der Waals surface area contributed by atoms with E-state index in [-0.39, 0.29) is 0 Å². The topological polar surface area (TPSA) is 148 Å². The SMILES string of the molecule is CC(=O)O.OC[C@H]1O[C@@H](O)[C@H](O)[C@@H](O)[C@H]1O. The van der Waals surface area contributed by atoms with Crippen LogP contribution in [0.1, 0.15) is 6.92 Å². The minimum Gasteiger partial charge on any atom is -0.481 e. The second-order valence-corrected chi connectivity index (χ2v) is 3.24. The molecule has 0 unspecified atom stereocenters. The summed E-state index contributed by atoms with van der Waals surface area (Å²) in [7, 11) is 0. The Morgan fingerprint density at radius 3 is 1.94 bits per heavy atom. The molecule has 96 valence electrons. The van der Waals surface area contributed by atoms with Crippen molar-refractivity contribution in [1.82, 2.24) is 0 Å². The van der Waals surface area contributed by atoms with Crippen LogP contribution in [0.4, 0.5) is 0 Å². The van der Waals surface area contributed by atoms with Crippen molar-refractivity contribution in [1.29, 1.82) is 0 Å². The fourth-order valence-electron chi connectivity index (χ4n) is 1.08. The van der Waals surface area contributed by atoms with E-state index in [9.17, 15) is 0 Å². The van der Waals surface area contributed by atoms with Gasteiger partial charge in [0.2, 0.25) is 0 Å². The second kappa shape index (κ2) is 6.74. The first kappa shape index (κ1) is 15.2. The lowest BCUT2D eigenvalue weighted by Gasteiger charge is -2.37. The molecular formula is C8H16O8. The van der Waals surface area contributed by atoms with Crippen LogP contribution >= 0.6 is 0 Å². The van der Waals surface area contributed by atoms with Crippen molar-refractivity contribution >= 4 is 5.97 Å². The van der Waals surface area contributed by atoms with E-state index < -0.39 is 43.3 Å². The Labute approximate surface area is 91.3 Å². The molecule has 0 aromatic carbocycles. The molecule has 1 saturated heterocycles. The standard InChI is InChI=1S/C6H12O6.C2H4O2/c7-1-2-3(8)4(9)5(10)6(11)12-2;1-2(3)4/h2-11H,1H2;1H3,(H,3,4)/t2-,3+,4+,5-,6-;/m1./s1. The Hall–Kier alpha value is -0.770. The van der Waals surface area contributed by atoms with Crippen molar-refractivity contribution < 1.29 is 40.2 Å². The van der Waals surface area contributed by atoms with E-state index in [1.54, 1.807) is 0 Å². The predicted octanol–water partition coefficient (Wildman–Crippen LogP) is -3.13. The number of carbonyl (C=O) groups is 1. The quantitative estimate of drug-likeness (QED) is 0.282. The molecule has 5 atom stereocenters. The Morgan fingerprint density at radius 1 is 1.12 bits per heavy atom. The van der Waals surface area contributed by atoms with Gasteiger partial charge in [-0.1, -0.05) is 0 Å². The first-order chi connectivity index (χ1) is 7.31. The number of rotatable bonds is 1. The van der Waals surface area contributed by atoms with Crippen LogP contribution < -0.4 is 0 Å². The zero-order chi connectivity index (χ0) is 12.9. The first-order valence-electron chi connectivity index (χ1n) is 4.49. The summed E-state index contributed by atoms with van der Waals surface area (Å²) in [6.07, 6.45) is -7.04. The van der Waals surface area contributed by atoms with Gasteiger partial charge in [0.25, 0.3) is 5.97 Å². The Bertz CT molecular complexity index is 211. The molecule has 0 bridgehead atoms. The second-order valence-electron chi connectivity index (χ2n) is 3.24. The van der Waals surface area contributed by atoms with Crippen molar-refractivity contribution in [3.63, 3.8) is 0 Å². The summed E-state index contributed by atoms with van der Waals surface area (Å²) in [6.45, 7) is 0.558. The van der Waals surface area contributed by atoms with Crippen molar-refractivity contribution in [2.24, 2.45) is 0 Å². The van der Waals surface area contributed by atoms with Gasteiger partial charge in [-0.2, -0.15) is 0 Å². The molecule has 1 aliphatic rings. The van der Waals surface area contributed by atoms with Gasteiger partial charge in [-0.05, 0) is 0 Å².